The Kier molecular flexibility index (Phi) is 5.79. The normalized spacial score (nSPS) is 10.7. The number of furan rings is 1. The largest absolute Gasteiger partial charge is 0.465 e. The first kappa shape index (κ1) is 18.7. The third-order valence-corrected chi connectivity index (χ3v) is 5.56. The lowest BCUT2D eigenvalue weighted by Gasteiger charge is -2.05. The van der Waals surface area contributed by atoms with Gasteiger partial charge in [-0.05, 0) is 39.5 Å². The molecule has 26 heavy (non-hydrogen) atoms. The smallest absolute Gasteiger partial charge is 0.340 e. The second-order valence-electron chi connectivity index (χ2n) is 4.96. The van der Waals surface area contributed by atoms with Crippen molar-refractivity contribution in [3.63, 3.8) is 0 Å². The van der Waals surface area contributed by atoms with E-state index >= 15 is 0 Å². The number of hydrogen-bond donors (Lipinski definition) is 1. The molecule has 0 fully saturated rings. The molecule has 0 unspecified atom stereocenters. The molecule has 0 saturated heterocycles. The van der Waals surface area contributed by atoms with Crippen molar-refractivity contribution in [3.8, 4) is 11.6 Å². The van der Waals surface area contributed by atoms with Crippen LogP contribution in [0.3, 0.4) is 0 Å². The number of thiophene rings is 1. The number of hydrogen-bond acceptors (Lipinski definition) is 8. The molecule has 3 heterocycles. The van der Waals surface area contributed by atoms with Crippen LogP contribution in [0.15, 0.2) is 37.8 Å². The number of carbonyl (C=O) groups excluding carboxylic acids is 2. The summed E-state index contributed by atoms with van der Waals surface area (Å²) in [6.07, 6.45) is 0. The summed E-state index contributed by atoms with van der Waals surface area (Å²) in [5.41, 5.74) is 0.334. The molecule has 0 aliphatic rings. The first-order valence-electron chi connectivity index (χ1n) is 7.23. The second-order valence-corrected chi connectivity index (χ2v) is 7.60. The Morgan fingerprint density at radius 3 is 2.88 bits per heavy atom. The fraction of sp³-hybridized carbons (Fsp3) is 0.200. The van der Waals surface area contributed by atoms with Crippen LogP contribution in [0.4, 0.5) is 5.00 Å². The minimum atomic E-state index is -0.489. The van der Waals surface area contributed by atoms with Gasteiger partial charge in [-0.15, -0.1) is 21.5 Å². The summed E-state index contributed by atoms with van der Waals surface area (Å²) < 4.78 is 12.5. The van der Waals surface area contributed by atoms with E-state index in [0.29, 0.717) is 32.0 Å². The molecule has 0 aromatic carbocycles. The fourth-order valence-electron chi connectivity index (χ4n) is 2.06. The van der Waals surface area contributed by atoms with E-state index in [0.717, 1.165) is 0 Å². The van der Waals surface area contributed by atoms with E-state index in [1.165, 1.54) is 30.2 Å². The highest BCUT2D eigenvalue weighted by Gasteiger charge is 2.18. The Balaban J connectivity index is 1.63. The lowest BCUT2D eigenvalue weighted by atomic mass is 10.3. The zero-order valence-electron chi connectivity index (χ0n) is 13.7. The summed E-state index contributed by atoms with van der Waals surface area (Å²) in [4.78, 5) is 23.8. The van der Waals surface area contributed by atoms with E-state index in [2.05, 4.69) is 36.2 Å². The number of ether oxygens (including phenoxy) is 1. The van der Waals surface area contributed by atoms with Crippen LogP contribution in [0.5, 0.6) is 0 Å². The third-order valence-electron chi connectivity index (χ3n) is 3.28. The van der Waals surface area contributed by atoms with E-state index < -0.39 is 5.97 Å². The predicted molar refractivity (Wildman–Crippen MR) is 101 cm³/mol. The third kappa shape index (κ3) is 4.00. The van der Waals surface area contributed by atoms with Crippen LogP contribution in [-0.2, 0) is 16.6 Å². The quantitative estimate of drug-likeness (QED) is 0.447. The summed E-state index contributed by atoms with van der Waals surface area (Å²) in [6.45, 7) is 0. The minimum absolute atomic E-state index is 0.117. The number of esters is 1. The Hall–Kier alpha value is -2.11. The molecule has 0 aliphatic heterocycles. The maximum Gasteiger partial charge on any atom is 0.340 e. The van der Waals surface area contributed by atoms with Gasteiger partial charge in [0.1, 0.15) is 5.00 Å². The number of halogens is 1. The second kappa shape index (κ2) is 8.06. The molecule has 0 bridgehead atoms. The van der Waals surface area contributed by atoms with Gasteiger partial charge >= 0.3 is 5.97 Å². The van der Waals surface area contributed by atoms with Crippen LogP contribution in [0.2, 0.25) is 0 Å². The SMILES string of the molecule is COC(=O)c1ccsc1NC(=O)CSc1nnc(-c2ccc(Br)o2)n1C. The van der Waals surface area contributed by atoms with Crippen LogP contribution in [0.25, 0.3) is 11.6 Å². The summed E-state index contributed by atoms with van der Waals surface area (Å²) in [7, 11) is 3.09. The molecule has 8 nitrogen and oxygen atoms in total. The van der Waals surface area contributed by atoms with Crippen LogP contribution >= 0.6 is 39.0 Å². The highest BCUT2D eigenvalue weighted by Crippen LogP contribution is 2.27. The average molecular weight is 457 g/mol. The summed E-state index contributed by atoms with van der Waals surface area (Å²) in [6, 6.07) is 5.15. The number of anilines is 1. The number of methoxy groups -OCH3 is 1. The van der Waals surface area contributed by atoms with Crippen molar-refractivity contribution in [3.05, 3.63) is 33.8 Å². The van der Waals surface area contributed by atoms with Crippen molar-refractivity contribution in [2.75, 3.05) is 18.2 Å². The Morgan fingerprint density at radius 1 is 1.38 bits per heavy atom. The van der Waals surface area contributed by atoms with E-state index in [1.54, 1.807) is 35.2 Å². The molecule has 0 saturated carbocycles. The van der Waals surface area contributed by atoms with Crippen molar-refractivity contribution in [1.82, 2.24) is 14.8 Å². The maximum atomic E-state index is 12.2. The van der Waals surface area contributed by atoms with Gasteiger partial charge in [-0.2, -0.15) is 0 Å². The molecule has 3 aromatic heterocycles. The van der Waals surface area contributed by atoms with Gasteiger partial charge in [-0.25, -0.2) is 4.79 Å². The van der Waals surface area contributed by atoms with Crippen LogP contribution in [0.1, 0.15) is 10.4 Å². The monoisotopic (exact) mass is 456 g/mol. The highest BCUT2D eigenvalue weighted by molar-refractivity contribution is 9.10. The summed E-state index contributed by atoms with van der Waals surface area (Å²) in [5.74, 6) is 0.505. The summed E-state index contributed by atoms with van der Waals surface area (Å²) in [5, 5.41) is 13.6. The number of nitrogens with one attached hydrogen (secondary N) is 1. The molecule has 136 valence electrons. The number of amides is 1. The molecule has 3 aromatic rings. The number of nitrogens with zero attached hydrogens (tertiary/aromatic N) is 3. The fourth-order valence-corrected chi connectivity index (χ4v) is 3.87. The van der Waals surface area contributed by atoms with E-state index in [1.807, 2.05) is 0 Å². The Labute approximate surface area is 165 Å². The van der Waals surface area contributed by atoms with E-state index in [4.69, 9.17) is 4.42 Å². The molecule has 0 spiro atoms. The van der Waals surface area contributed by atoms with Crippen LogP contribution in [0, 0.1) is 0 Å². The van der Waals surface area contributed by atoms with E-state index in [-0.39, 0.29) is 11.7 Å². The molecule has 1 amide bonds. The average Bonchev–Trinajstić information content (AvgIpc) is 3.33. The van der Waals surface area contributed by atoms with Gasteiger partial charge in [-0.3, -0.25) is 4.79 Å². The number of thioether (sulfide) groups is 1. The van der Waals surface area contributed by atoms with Gasteiger partial charge in [0.2, 0.25) is 5.91 Å². The number of carbonyl (C=O) groups is 2. The first-order chi connectivity index (χ1) is 12.5. The van der Waals surface area contributed by atoms with Gasteiger partial charge < -0.3 is 19.0 Å². The topological polar surface area (TPSA) is 99.2 Å². The Bertz CT molecular complexity index is 949. The van der Waals surface area contributed by atoms with Gasteiger partial charge in [0.15, 0.2) is 21.4 Å². The minimum Gasteiger partial charge on any atom is -0.465 e. The molecule has 3 rings (SSSR count). The van der Waals surface area contributed by atoms with Gasteiger partial charge in [0.25, 0.3) is 0 Å². The number of rotatable bonds is 6. The maximum absolute atomic E-state index is 12.2. The van der Waals surface area contributed by atoms with Crippen LogP contribution < -0.4 is 5.32 Å². The van der Waals surface area contributed by atoms with E-state index in [9.17, 15) is 9.59 Å². The lowest BCUT2D eigenvalue weighted by molar-refractivity contribution is -0.113. The standard InChI is InChI=1S/C15H13BrN4O4S2/c1-20-12(9-3-4-10(16)24-9)18-19-15(20)26-7-11(21)17-13-8(5-6-25-13)14(22)23-2/h3-6H,7H2,1-2H3,(H,17,21). The summed E-state index contributed by atoms with van der Waals surface area (Å²) >= 11 is 5.74. The zero-order valence-corrected chi connectivity index (χ0v) is 16.9. The molecular weight excluding hydrogens is 444 g/mol. The molecular formula is C15H13BrN4O4S2. The first-order valence-corrected chi connectivity index (χ1v) is 9.89. The number of aromatic nitrogens is 3. The van der Waals surface area contributed by atoms with Crippen molar-refractivity contribution < 1.29 is 18.7 Å². The van der Waals surface area contributed by atoms with Crippen molar-refractivity contribution in [2.45, 2.75) is 5.16 Å². The Morgan fingerprint density at radius 2 is 2.19 bits per heavy atom. The van der Waals surface area contributed by atoms with Crippen molar-refractivity contribution >= 4 is 55.9 Å². The molecule has 0 atom stereocenters. The highest BCUT2D eigenvalue weighted by atomic mass is 79.9. The van der Waals surface area contributed by atoms with Crippen molar-refractivity contribution in [2.24, 2.45) is 7.05 Å². The van der Waals surface area contributed by atoms with Gasteiger partial charge in [0, 0.05) is 7.05 Å². The zero-order chi connectivity index (χ0) is 18.7. The van der Waals surface area contributed by atoms with Gasteiger partial charge in [-0.1, -0.05) is 11.8 Å². The predicted octanol–water partition coefficient (Wildman–Crippen LogP) is 3.42. The van der Waals surface area contributed by atoms with Crippen LogP contribution in [-0.4, -0.2) is 39.5 Å². The van der Waals surface area contributed by atoms with Gasteiger partial charge in [0.05, 0.1) is 18.4 Å². The molecule has 11 heteroatoms. The molecule has 0 radical (unpaired) electrons. The van der Waals surface area contributed by atoms with Crippen molar-refractivity contribution in [1.29, 1.82) is 0 Å². The lowest BCUT2D eigenvalue weighted by Crippen LogP contribution is -2.16. The molecule has 0 aliphatic carbocycles. The molecule has 1 N–H and O–H groups in total.